The Hall–Kier alpha value is -10.2. The van der Waals surface area contributed by atoms with Crippen LogP contribution in [0.15, 0.2) is 126 Å². The number of ether oxygens (including phenoxy) is 3. The first-order valence-electron chi connectivity index (χ1n) is 29.5. The highest BCUT2D eigenvalue weighted by atomic mass is 79.9. The van der Waals surface area contributed by atoms with Crippen LogP contribution in [0.25, 0.3) is 98.8 Å². The van der Waals surface area contributed by atoms with Gasteiger partial charge < -0.3 is 29.2 Å². The molecule has 16 heteroatoms. The maximum atomic E-state index is 12.9. The molecular formula is C72H53BrN6O9. The maximum absolute atomic E-state index is 12.9. The van der Waals surface area contributed by atoms with Gasteiger partial charge in [0.25, 0.3) is 35.4 Å². The summed E-state index contributed by atoms with van der Waals surface area (Å²) in [7, 11) is 1.62. The minimum Gasteiger partial charge on any atom is -0.497 e. The largest absolute Gasteiger partial charge is 0.497 e. The number of H-pyrrole nitrogens is 3. The van der Waals surface area contributed by atoms with E-state index in [0.29, 0.717) is 59.6 Å². The molecule has 88 heavy (non-hydrogen) atoms. The van der Waals surface area contributed by atoms with Crippen LogP contribution in [0.2, 0.25) is 0 Å². The lowest BCUT2D eigenvalue weighted by molar-refractivity contribution is 0.0863. The molecule has 0 saturated heterocycles. The quantitative estimate of drug-likeness (QED) is 0.0689. The van der Waals surface area contributed by atoms with Crippen LogP contribution in [0.1, 0.15) is 108 Å². The van der Waals surface area contributed by atoms with Gasteiger partial charge in [0.1, 0.15) is 18.1 Å². The van der Waals surface area contributed by atoms with Crippen molar-refractivity contribution in [1.82, 2.24) is 30.9 Å². The fraction of sp³-hybridized carbons (Fsp3) is 0.167. The van der Waals surface area contributed by atoms with Crippen molar-refractivity contribution in [3.05, 3.63) is 198 Å². The molecule has 6 N–H and O–H groups in total. The second-order valence-electron chi connectivity index (χ2n) is 23.1. The molecule has 15 nitrogen and oxygen atoms in total. The zero-order chi connectivity index (χ0) is 60.0. The second-order valence-corrected chi connectivity index (χ2v) is 24.0. The standard InChI is InChI=1S/C27H24N2O5.C23H16N2O2.C22H13BrN2O2/c1-3-33-11-12-34-20-6-4-5-16-15(20)9-10-18-21(16)25-22(24-23(18)26(30)29-27(24)31)17-8-7-14(32-2)13-19(17)28-25;1-11-6-8-13-12(10-11)7-9-15-17(13)21-18(14-4-2-3-5-16(14)24-21)20-19(15)22(26)25-23(20)27;23-11-6-8-15-14(9-11)17-19-18(21(26)25-22(19)27)13-7-5-10-3-1-2-4-12(10)16(13)20(17)24-15/h4-8,13,28H,3,9-12H2,1-2H3,(H,29,30,31);2-6,8,10,24H,7,9H2,1H3,(H,25,26,27);1-4,6,8-9,24H,5,7H2,(H,25,26,27). The number of benzene rings is 9. The summed E-state index contributed by atoms with van der Waals surface area (Å²) in [5.74, 6) is -0.266. The van der Waals surface area contributed by atoms with E-state index in [1.807, 2.05) is 91.9 Å². The Morgan fingerprint density at radius 3 is 1.61 bits per heavy atom. The molecule has 6 amide bonds. The van der Waals surface area contributed by atoms with Crippen molar-refractivity contribution in [3.8, 4) is 44.9 Å². The van der Waals surface area contributed by atoms with Crippen LogP contribution >= 0.6 is 15.9 Å². The lowest BCUT2D eigenvalue weighted by atomic mass is 9.80. The zero-order valence-electron chi connectivity index (χ0n) is 48.0. The van der Waals surface area contributed by atoms with Crippen molar-refractivity contribution < 1.29 is 43.0 Å². The number of aryl methyl sites for hydroxylation is 3. The molecule has 0 atom stereocenters. The first-order valence-corrected chi connectivity index (χ1v) is 30.3. The van der Waals surface area contributed by atoms with Crippen LogP contribution in [-0.4, -0.2) is 77.3 Å². The molecule has 18 rings (SSSR count). The lowest BCUT2D eigenvalue weighted by Gasteiger charge is -2.25. The average Bonchev–Trinajstić information content (AvgIpc) is 1.53. The molecule has 3 aliphatic carbocycles. The molecule has 0 unspecified atom stereocenters. The maximum Gasteiger partial charge on any atom is 0.259 e. The molecule has 0 saturated carbocycles. The molecule has 6 aliphatic rings. The summed E-state index contributed by atoms with van der Waals surface area (Å²) in [6, 6.07) is 40.5. The number of rotatable bonds is 6. The Morgan fingerprint density at radius 2 is 0.955 bits per heavy atom. The van der Waals surface area contributed by atoms with Gasteiger partial charge in [-0.15, -0.1) is 0 Å². The molecule has 0 fully saturated rings. The van der Waals surface area contributed by atoms with E-state index in [4.69, 9.17) is 14.2 Å². The molecule has 432 valence electrons. The minimum atomic E-state index is -0.344. The fourth-order valence-corrected chi connectivity index (χ4v) is 15.2. The van der Waals surface area contributed by atoms with Crippen molar-refractivity contribution in [2.75, 3.05) is 26.9 Å². The number of aromatic amines is 3. The Kier molecular flexibility index (Phi) is 12.3. The van der Waals surface area contributed by atoms with Gasteiger partial charge in [-0.2, -0.15) is 0 Å². The van der Waals surface area contributed by atoms with Gasteiger partial charge in [-0.1, -0.05) is 94.3 Å². The van der Waals surface area contributed by atoms with Crippen LogP contribution in [0.4, 0.5) is 0 Å². The van der Waals surface area contributed by atoms with Gasteiger partial charge in [0.2, 0.25) is 0 Å². The molecule has 12 aromatic rings. The fourth-order valence-electron chi connectivity index (χ4n) is 14.8. The van der Waals surface area contributed by atoms with E-state index in [0.717, 1.165) is 169 Å². The van der Waals surface area contributed by atoms with Gasteiger partial charge in [0.05, 0.1) is 69.2 Å². The number of aromatic nitrogens is 3. The highest BCUT2D eigenvalue weighted by molar-refractivity contribution is 9.10. The predicted molar refractivity (Wildman–Crippen MR) is 342 cm³/mol. The van der Waals surface area contributed by atoms with E-state index < -0.39 is 0 Å². The Morgan fingerprint density at radius 1 is 0.432 bits per heavy atom. The minimum absolute atomic E-state index is 0.269. The number of carbonyl (C=O) groups excluding carboxylic acids is 6. The van der Waals surface area contributed by atoms with Crippen LogP contribution in [0.5, 0.6) is 11.5 Å². The smallest absolute Gasteiger partial charge is 0.259 e. The molecule has 0 bridgehead atoms. The lowest BCUT2D eigenvalue weighted by Crippen LogP contribution is -2.20. The number of halogens is 1. The predicted octanol–water partition coefficient (Wildman–Crippen LogP) is 13.4. The van der Waals surface area contributed by atoms with Crippen LogP contribution < -0.4 is 25.4 Å². The Bertz CT molecular complexity index is 5220. The number of nitrogens with one attached hydrogen (secondary N) is 6. The highest BCUT2D eigenvalue weighted by Gasteiger charge is 2.41. The molecule has 0 spiro atoms. The summed E-state index contributed by atoms with van der Waals surface area (Å²) in [6.45, 7) is 5.71. The van der Waals surface area contributed by atoms with Gasteiger partial charge in [-0.05, 0) is 139 Å². The van der Waals surface area contributed by atoms with Gasteiger partial charge in [-0.25, -0.2) is 0 Å². The number of hydrogen-bond donors (Lipinski definition) is 6. The number of para-hydroxylation sites is 1. The highest BCUT2D eigenvalue weighted by Crippen LogP contribution is 2.50. The molecule has 6 heterocycles. The Labute approximate surface area is 510 Å². The normalized spacial score (nSPS) is 14.7. The number of methoxy groups -OCH3 is 1. The molecule has 9 aromatic carbocycles. The van der Waals surface area contributed by atoms with Crippen molar-refractivity contribution >= 4 is 117 Å². The van der Waals surface area contributed by atoms with Crippen molar-refractivity contribution in [1.29, 1.82) is 0 Å². The monoisotopic (exact) mass is 1220 g/mol. The summed E-state index contributed by atoms with van der Waals surface area (Å²) in [4.78, 5) is 87.1. The van der Waals surface area contributed by atoms with Gasteiger partial charge in [-0.3, -0.25) is 44.7 Å². The average molecular weight is 1230 g/mol. The van der Waals surface area contributed by atoms with E-state index >= 15 is 0 Å². The van der Waals surface area contributed by atoms with Crippen molar-refractivity contribution in [2.24, 2.45) is 0 Å². The summed E-state index contributed by atoms with van der Waals surface area (Å²) < 4.78 is 17.8. The summed E-state index contributed by atoms with van der Waals surface area (Å²) in [5.41, 5.74) is 22.9. The SMILES string of the molecule is CCOCCOc1cccc2c1CCc1c3c(c4c([nH]c5cc(OC)ccc54)c1-2)C(=O)NC3=O.Cc1ccc2c(c1)CCc1c3c(c4c([nH]c5ccccc54)c1-2)C(=O)NC3=O.O=C1NC(=O)c2c1c1c(c3[nH]c4ccc(Br)cc4c23)-c2ccccc2CC1. The van der Waals surface area contributed by atoms with E-state index in [2.05, 4.69) is 90.2 Å². The number of imide groups is 3. The Balaban J connectivity index is 0.000000107. The third kappa shape index (κ3) is 7.90. The zero-order valence-corrected chi connectivity index (χ0v) is 49.5. The van der Waals surface area contributed by atoms with Gasteiger partial charge in [0, 0.05) is 82.8 Å². The summed E-state index contributed by atoms with van der Waals surface area (Å²) in [6.07, 6.45) is 4.63. The van der Waals surface area contributed by atoms with E-state index in [9.17, 15) is 28.8 Å². The third-order valence-electron chi connectivity index (χ3n) is 18.4. The van der Waals surface area contributed by atoms with Crippen LogP contribution in [-0.2, 0) is 43.3 Å². The molecule has 3 aliphatic heterocycles. The number of hydrogen-bond acceptors (Lipinski definition) is 9. The first-order chi connectivity index (χ1) is 42.9. The first kappa shape index (κ1) is 53.3. The molecular weight excluding hydrogens is 1170 g/mol. The van der Waals surface area contributed by atoms with Gasteiger partial charge in [0.15, 0.2) is 0 Å². The van der Waals surface area contributed by atoms with Crippen LogP contribution in [0, 0.1) is 6.92 Å². The third-order valence-corrected chi connectivity index (χ3v) is 18.9. The van der Waals surface area contributed by atoms with E-state index in [-0.39, 0.29) is 35.4 Å². The number of amides is 6. The number of fused-ring (bicyclic) bond motifs is 30. The molecule has 0 radical (unpaired) electrons. The topological polar surface area (TPSA) is 214 Å². The van der Waals surface area contributed by atoms with E-state index in [1.54, 1.807) is 7.11 Å². The number of carbonyl (C=O) groups is 6. The summed E-state index contributed by atoms with van der Waals surface area (Å²) >= 11 is 3.53. The summed E-state index contributed by atoms with van der Waals surface area (Å²) in [5, 5.41) is 12.8. The van der Waals surface area contributed by atoms with E-state index in [1.165, 1.54) is 16.7 Å². The second kappa shape index (κ2) is 20.2. The molecule has 3 aromatic heterocycles. The van der Waals surface area contributed by atoms with Crippen molar-refractivity contribution in [2.45, 2.75) is 52.4 Å². The van der Waals surface area contributed by atoms with Crippen LogP contribution in [0.3, 0.4) is 0 Å². The van der Waals surface area contributed by atoms with Crippen molar-refractivity contribution in [3.63, 3.8) is 0 Å². The van der Waals surface area contributed by atoms with Gasteiger partial charge >= 0.3 is 0 Å².